The van der Waals surface area contributed by atoms with Gasteiger partial charge in [-0.15, -0.1) is 5.10 Å². The SMILES string of the molecule is CCCCCCc1nc2n[nH]nc2c(=N)n1C. The number of unbranched alkanes of at least 4 members (excludes halogenated alkanes) is 3. The number of hydrogen-bond donors (Lipinski definition) is 2. The highest BCUT2D eigenvalue weighted by atomic mass is 15.3. The van der Waals surface area contributed by atoms with Crippen LogP contribution in [0.5, 0.6) is 0 Å². The van der Waals surface area contributed by atoms with Crippen molar-refractivity contribution < 1.29 is 0 Å². The molecule has 2 N–H and O–H groups in total. The molecule has 6 heteroatoms. The molecule has 0 aliphatic carbocycles. The zero-order valence-electron chi connectivity index (χ0n) is 10.3. The third-order valence-electron chi connectivity index (χ3n) is 2.97. The molecule has 0 fully saturated rings. The Hall–Kier alpha value is -1.72. The van der Waals surface area contributed by atoms with Crippen LogP contribution < -0.4 is 5.49 Å². The number of fused-ring (bicyclic) bond motifs is 1. The molecular formula is C11H18N6. The molecule has 17 heavy (non-hydrogen) atoms. The second kappa shape index (κ2) is 5.07. The van der Waals surface area contributed by atoms with Gasteiger partial charge >= 0.3 is 0 Å². The van der Waals surface area contributed by atoms with Crippen LogP contribution in [0, 0.1) is 5.41 Å². The van der Waals surface area contributed by atoms with Crippen LogP contribution in [0.1, 0.15) is 38.4 Å². The van der Waals surface area contributed by atoms with Gasteiger partial charge in [-0.05, 0) is 6.42 Å². The van der Waals surface area contributed by atoms with E-state index in [2.05, 4.69) is 27.3 Å². The summed E-state index contributed by atoms with van der Waals surface area (Å²) >= 11 is 0. The molecule has 0 spiro atoms. The molecule has 0 amide bonds. The van der Waals surface area contributed by atoms with Gasteiger partial charge in [0.05, 0.1) is 0 Å². The van der Waals surface area contributed by atoms with Crippen molar-refractivity contribution in [1.82, 2.24) is 25.0 Å². The highest BCUT2D eigenvalue weighted by Gasteiger charge is 2.08. The molecule has 2 rings (SSSR count). The lowest BCUT2D eigenvalue weighted by Crippen LogP contribution is -2.22. The van der Waals surface area contributed by atoms with Crippen molar-refractivity contribution in [3.05, 3.63) is 11.3 Å². The molecule has 0 unspecified atom stereocenters. The van der Waals surface area contributed by atoms with Gasteiger partial charge in [-0.1, -0.05) is 26.2 Å². The fourth-order valence-corrected chi connectivity index (χ4v) is 1.88. The van der Waals surface area contributed by atoms with Crippen molar-refractivity contribution in [2.24, 2.45) is 7.05 Å². The van der Waals surface area contributed by atoms with Crippen LogP contribution in [0.2, 0.25) is 0 Å². The maximum absolute atomic E-state index is 7.96. The predicted molar refractivity (Wildman–Crippen MR) is 64.4 cm³/mol. The molecule has 0 saturated carbocycles. The average molecular weight is 234 g/mol. The normalized spacial score (nSPS) is 11.2. The average Bonchev–Trinajstić information content (AvgIpc) is 2.79. The third-order valence-corrected chi connectivity index (χ3v) is 2.97. The Morgan fingerprint density at radius 1 is 1.24 bits per heavy atom. The molecule has 0 radical (unpaired) electrons. The summed E-state index contributed by atoms with van der Waals surface area (Å²) in [6.07, 6.45) is 5.69. The van der Waals surface area contributed by atoms with Gasteiger partial charge in [0.25, 0.3) is 0 Å². The molecular weight excluding hydrogens is 216 g/mol. The number of H-pyrrole nitrogens is 1. The molecule has 0 aromatic carbocycles. The zero-order valence-corrected chi connectivity index (χ0v) is 10.3. The number of aromatic nitrogens is 5. The summed E-state index contributed by atoms with van der Waals surface area (Å²) in [5.41, 5.74) is 1.44. The summed E-state index contributed by atoms with van der Waals surface area (Å²) in [6, 6.07) is 0. The minimum Gasteiger partial charge on any atom is -0.316 e. The van der Waals surface area contributed by atoms with Gasteiger partial charge in [-0.2, -0.15) is 10.3 Å². The highest BCUT2D eigenvalue weighted by Crippen LogP contribution is 2.06. The number of aromatic amines is 1. The molecule has 6 nitrogen and oxygen atoms in total. The Balaban J connectivity index is 2.22. The van der Waals surface area contributed by atoms with Crippen molar-refractivity contribution in [2.45, 2.75) is 39.0 Å². The maximum atomic E-state index is 7.96. The Morgan fingerprint density at radius 3 is 2.82 bits per heavy atom. The predicted octanol–water partition coefficient (Wildman–Crippen LogP) is 1.29. The van der Waals surface area contributed by atoms with Gasteiger partial charge in [0, 0.05) is 13.5 Å². The van der Waals surface area contributed by atoms with Gasteiger partial charge < -0.3 is 4.57 Å². The highest BCUT2D eigenvalue weighted by molar-refractivity contribution is 5.66. The van der Waals surface area contributed by atoms with Gasteiger partial charge in [-0.3, -0.25) is 5.41 Å². The molecule has 0 saturated heterocycles. The topological polar surface area (TPSA) is 83.2 Å². The number of nitrogens with one attached hydrogen (secondary N) is 2. The first-order valence-electron chi connectivity index (χ1n) is 6.05. The van der Waals surface area contributed by atoms with Crippen LogP contribution in [-0.4, -0.2) is 25.0 Å². The second-order valence-electron chi connectivity index (χ2n) is 4.24. The van der Waals surface area contributed by atoms with Gasteiger partial charge in [0.2, 0.25) is 5.65 Å². The van der Waals surface area contributed by atoms with E-state index in [9.17, 15) is 0 Å². The zero-order chi connectivity index (χ0) is 12.3. The van der Waals surface area contributed by atoms with Gasteiger partial charge in [0.15, 0.2) is 11.0 Å². The quantitative estimate of drug-likeness (QED) is 0.765. The molecule has 2 aromatic rings. The Bertz CT molecular complexity index is 553. The second-order valence-corrected chi connectivity index (χ2v) is 4.24. The van der Waals surface area contributed by atoms with Crippen LogP contribution in [0.4, 0.5) is 0 Å². The Morgan fingerprint density at radius 2 is 2.06 bits per heavy atom. The lowest BCUT2D eigenvalue weighted by atomic mass is 10.1. The lowest BCUT2D eigenvalue weighted by Gasteiger charge is -2.07. The first-order valence-corrected chi connectivity index (χ1v) is 6.05. The first kappa shape index (κ1) is 11.8. The summed E-state index contributed by atoms with van der Waals surface area (Å²) < 4.78 is 1.79. The molecule has 2 heterocycles. The van der Waals surface area contributed by atoms with E-state index >= 15 is 0 Å². The number of nitrogens with zero attached hydrogens (tertiary/aromatic N) is 4. The summed E-state index contributed by atoms with van der Waals surface area (Å²) in [5.74, 6) is 0.910. The van der Waals surface area contributed by atoms with E-state index in [1.807, 2.05) is 7.05 Å². The number of hydrogen-bond acceptors (Lipinski definition) is 4. The summed E-state index contributed by atoms with van der Waals surface area (Å²) in [5, 5.41) is 18.3. The van der Waals surface area contributed by atoms with Crippen LogP contribution in [0.25, 0.3) is 11.2 Å². The molecule has 0 aliphatic rings. The smallest absolute Gasteiger partial charge is 0.207 e. The van der Waals surface area contributed by atoms with Crippen molar-refractivity contribution >= 4 is 11.2 Å². The van der Waals surface area contributed by atoms with Crippen molar-refractivity contribution in [3.63, 3.8) is 0 Å². The van der Waals surface area contributed by atoms with Crippen LogP contribution in [0.3, 0.4) is 0 Å². The Kier molecular flexibility index (Phi) is 3.51. The largest absolute Gasteiger partial charge is 0.316 e. The minimum absolute atomic E-state index is 0.370. The summed E-state index contributed by atoms with van der Waals surface area (Å²) in [7, 11) is 1.86. The fraction of sp³-hybridized carbons (Fsp3) is 0.636. The van der Waals surface area contributed by atoms with Crippen molar-refractivity contribution in [3.8, 4) is 0 Å². The molecule has 0 bridgehead atoms. The van der Waals surface area contributed by atoms with E-state index in [1.54, 1.807) is 4.57 Å². The standard InChI is InChI=1S/C11H18N6/c1-3-4-5-6-7-8-13-11-9(14-16-15-11)10(12)17(8)2/h12H,3-7H2,1-2H3,(H,14,15,16). The molecule has 0 aliphatic heterocycles. The first-order chi connectivity index (χ1) is 8.24. The van der Waals surface area contributed by atoms with Crippen LogP contribution in [-0.2, 0) is 13.5 Å². The van der Waals surface area contributed by atoms with Crippen molar-refractivity contribution in [1.29, 1.82) is 5.41 Å². The van der Waals surface area contributed by atoms with E-state index in [-0.39, 0.29) is 0 Å². The summed E-state index contributed by atoms with van der Waals surface area (Å²) in [4.78, 5) is 4.43. The Labute approximate surface area is 99.6 Å². The monoisotopic (exact) mass is 234 g/mol. The van der Waals surface area contributed by atoms with Gasteiger partial charge in [-0.25, -0.2) is 4.98 Å². The van der Waals surface area contributed by atoms with Gasteiger partial charge in [0.1, 0.15) is 5.82 Å². The van der Waals surface area contributed by atoms with Crippen LogP contribution in [0.15, 0.2) is 0 Å². The number of aryl methyl sites for hydroxylation is 1. The molecule has 2 aromatic heterocycles. The van der Waals surface area contributed by atoms with E-state index in [4.69, 9.17) is 5.41 Å². The molecule has 92 valence electrons. The summed E-state index contributed by atoms with van der Waals surface area (Å²) in [6.45, 7) is 2.20. The fourth-order valence-electron chi connectivity index (χ4n) is 1.88. The minimum atomic E-state index is 0.370. The molecule has 0 atom stereocenters. The third kappa shape index (κ3) is 2.35. The maximum Gasteiger partial charge on any atom is 0.207 e. The van der Waals surface area contributed by atoms with E-state index < -0.39 is 0 Å². The lowest BCUT2D eigenvalue weighted by molar-refractivity contribution is 0.623. The van der Waals surface area contributed by atoms with Crippen LogP contribution >= 0.6 is 0 Å². The van der Waals surface area contributed by atoms with Crippen molar-refractivity contribution in [2.75, 3.05) is 0 Å². The number of rotatable bonds is 5. The van der Waals surface area contributed by atoms with E-state index in [0.29, 0.717) is 16.7 Å². The van der Waals surface area contributed by atoms with E-state index in [1.165, 1.54) is 19.3 Å². The van der Waals surface area contributed by atoms with E-state index in [0.717, 1.165) is 18.7 Å².